The van der Waals surface area contributed by atoms with Gasteiger partial charge in [-0.15, -0.1) is 0 Å². The second-order valence-electron chi connectivity index (χ2n) is 22.1. The van der Waals surface area contributed by atoms with Crippen molar-refractivity contribution in [3.05, 3.63) is 84.4 Å². The molecular weight excluding hydrogens is 1100 g/mol. The number of ketones is 2. The van der Waals surface area contributed by atoms with Gasteiger partial charge in [0, 0.05) is 38.0 Å². The first-order valence-electron chi connectivity index (χ1n) is 32.3. The molecule has 2 rings (SSSR count). The van der Waals surface area contributed by atoms with Crippen LogP contribution in [0.2, 0.25) is 0 Å². The minimum Gasteiger partial charge on any atom is -0.493 e. The summed E-state index contributed by atoms with van der Waals surface area (Å²) in [6, 6.07) is 9.49. The molecule has 2 aromatic carbocycles. The van der Waals surface area contributed by atoms with Crippen molar-refractivity contribution in [1.82, 2.24) is 0 Å². The molecule has 482 valence electrons. The number of carbonyl (C=O) groups excluding carboxylic acids is 6. The van der Waals surface area contributed by atoms with E-state index in [1.54, 1.807) is 30.3 Å². The summed E-state index contributed by atoms with van der Waals surface area (Å²) in [6.07, 6.45) is 39.6. The second kappa shape index (κ2) is 51.9. The van der Waals surface area contributed by atoms with E-state index in [4.69, 9.17) is 43.2 Å². The molecule has 86 heavy (non-hydrogen) atoms. The number of ether oxygens (including phenoxy) is 6. The number of esters is 3. The van der Waals surface area contributed by atoms with Crippen molar-refractivity contribution in [2.24, 2.45) is 5.92 Å². The fourth-order valence-electron chi connectivity index (χ4n) is 9.32. The van der Waals surface area contributed by atoms with E-state index < -0.39 is 29.5 Å². The van der Waals surface area contributed by atoms with Crippen LogP contribution >= 0.6 is 0 Å². The molecular formula is C70H106O16. The van der Waals surface area contributed by atoms with Gasteiger partial charge in [0.1, 0.15) is 11.5 Å². The van der Waals surface area contributed by atoms with Crippen LogP contribution in [0.3, 0.4) is 0 Å². The molecule has 0 saturated heterocycles. The average Bonchev–Trinajstić information content (AvgIpc) is 3.71. The molecule has 2 aromatic rings. The lowest BCUT2D eigenvalue weighted by molar-refractivity contribution is -0.273. The lowest BCUT2D eigenvalue weighted by Crippen LogP contribution is -2.19. The van der Waals surface area contributed by atoms with Crippen LogP contribution in [0.4, 0.5) is 0 Å². The molecule has 16 nitrogen and oxygen atoms in total. The van der Waals surface area contributed by atoms with Gasteiger partial charge in [-0.2, -0.15) is 9.78 Å². The van der Waals surface area contributed by atoms with Gasteiger partial charge in [0.15, 0.2) is 34.6 Å². The maximum atomic E-state index is 12.9. The molecule has 1 atom stereocenters. The van der Waals surface area contributed by atoms with Crippen LogP contribution in [0, 0.1) is 5.92 Å². The fourth-order valence-corrected chi connectivity index (χ4v) is 9.32. The summed E-state index contributed by atoms with van der Waals surface area (Å²) in [4.78, 5) is 95.7. The van der Waals surface area contributed by atoms with Crippen molar-refractivity contribution in [2.45, 2.75) is 239 Å². The van der Waals surface area contributed by atoms with Crippen LogP contribution in [0.25, 0.3) is 12.2 Å². The maximum Gasteiger partial charge on any atom is 0.311 e. The van der Waals surface area contributed by atoms with Gasteiger partial charge in [0.2, 0.25) is 0 Å². The first kappa shape index (κ1) is 75.8. The van der Waals surface area contributed by atoms with Gasteiger partial charge in [-0.25, -0.2) is 0 Å². The Morgan fingerprint density at radius 3 is 1.36 bits per heavy atom. The molecule has 0 aromatic heterocycles. The number of hydrogen-bond acceptors (Lipinski definition) is 16. The van der Waals surface area contributed by atoms with E-state index in [1.807, 2.05) is 0 Å². The van der Waals surface area contributed by atoms with Gasteiger partial charge < -0.3 is 38.2 Å². The number of rotatable bonds is 58. The Morgan fingerprint density at radius 2 is 0.884 bits per heavy atom. The quantitative estimate of drug-likeness (QED) is 0.00697. The van der Waals surface area contributed by atoms with E-state index in [-0.39, 0.29) is 80.8 Å². The minimum absolute atomic E-state index is 0.0226. The Labute approximate surface area is 515 Å². The van der Waals surface area contributed by atoms with Crippen molar-refractivity contribution >= 4 is 48.1 Å². The number of hydrogen-bond donors (Lipinski definition) is 0. The molecule has 0 aliphatic carbocycles. The Hall–Kier alpha value is -6.26. The highest BCUT2D eigenvalue weighted by molar-refractivity contribution is 6.11. The maximum absolute atomic E-state index is 12.9. The lowest BCUT2D eigenvalue weighted by atomic mass is 10.0. The summed E-state index contributed by atoms with van der Waals surface area (Å²) >= 11 is 0. The normalized spacial score (nSPS) is 11.5. The Kier molecular flexibility index (Phi) is 45.8. The van der Waals surface area contributed by atoms with Crippen molar-refractivity contribution < 1.29 is 76.7 Å². The SMILES string of the molecule is C=C(CCCCCCCCC(COOC(=C)CCCCCCCCCCCCCCCC)COC(=O)CCCC(=O)Oc1ccc(/C=C/C(=O)CC(=O)/C=C/c2ccc(OC(=O)CCCOC=O)c(OC)c2)cc1OC)OOCCCCCCCC. The molecule has 0 bridgehead atoms. The topological polar surface area (TPSA) is 195 Å². The highest BCUT2D eigenvalue weighted by Gasteiger charge is 2.17. The van der Waals surface area contributed by atoms with Crippen LogP contribution < -0.4 is 18.9 Å². The highest BCUT2D eigenvalue weighted by Crippen LogP contribution is 2.31. The molecule has 0 radical (unpaired) electrons. The molecule has 16 heteroatoms. The number of unbranched alkanes of at least 4 members (excludes halogenated alkanes) is 23. The zero-order valence-electron chi connectivity index (χ0n) is 53.0. The summed E-state index contributed by atoms with van der Waals surface area (Å²) in [5.41, 5.74) is 1.13. The summed E-state index contributed by atoms with van der Waals surface area (Å²) in [7, 11) is 2.83. The van der Waals surface area contributed by atoms with Crippen molar-refractivity contribution in [3.8, 4) is 23.0 Å². The summed E-state index contributed by atoms with van der Waals surface area (Å²) < 4.78 is 32.0. The first-order valence-corrected chi connectivity index (χ1v) is 32.3. The Bertz CT molecular complexity index is 2270. The summed E-state index contributed by atoms with van der Waals surface area (Å²) in [5.74, 6) is -0.331. The highest BCUT2D eigenvalue weighted by atomic mass is 17.2. The molecule has 0 aliphatic heterocycles. The number of methoxy groups -OCH3 is 2. The second-order valence-corrected chi connectivity index (χ2v) is 22.1. The first-order chi connectivity index (χ1) is 41.9. The van der Waals surface area contributed by atoms with Crippen LogP contribution in [0.5, 0.6) is 23.0 Å². The zero-order chi connectivity index (χ0) is 62.5. The largest absolute Gasteiger partial charge is 0.493 e. The van der Waals surface area contributed by atoms with Gasteiger partial charge >= 0.3 is 17.9 Å². The van der Waals surface area contributed by atoms with Crippen molar-refractivity contribution in [3.63, 3.8) is 0 Å². The molecule has 0 heterocycles. The smallest absolute Gasteiger partial charge is 0.311 e. The van der Waals surface area contributed by atoms with E-state index in [9.17, 15) is 28.8 Å². The third kappa shape index (κ3) is 40.9. The van der Waals surface area contributed by atoms with E-state index in [0.717, 1.165) is 83.5 Å². The minimum atomic E-state index is -0.558. The number of allylic oxidation sites excluding steroid dienone is 4. The van der Waals surface area contributed by atoms with Crippen LogP contribution in [0.15, 0.2) is 73.2 Å². The number of carbonyl (C=O) groups is 6. The van der Waals surface area contributed by atoms with Crippen molar-refractivity contribution in [1.29, 1.82) is 0 Å². The Morgan fingerprint density at radius 1 is 0.453 bits per heavy atom. The zero-order valence-corrected chi connectivity index (χ0v) is 53.0. The van der Waals surface area contributed by atoms with Gasteiger partial charge in [-0.05, 0) is 86.1 Å². The summed E-state index contributed by atoms with van der Waals surface area (Å²) in [6.45, 7) is 14.0. The predicted molar refractivity (Wildman–Crippen MR) is 337 cm³/mol. The number of benzene rings is 2. The third-order valence-corrected chi connectivity index (χ3v) is 14.4. The van der Waals surface area contributed by atoms with Crippen LogP contribution in [-0.4, -0.2) is 76.6 Å². The molecule has 0 N–H and O–H groups in total. The average molecular weight is 1200 g/mol. The van der Waals surface area contributed by atoms with Gasteiger partial charge in [-0.1, -0.05) is 199 Å². The summed E-state index contributed by atoms with van der Waals surface area (Å²) in [5, 5.41) is 0. The molecule has 0 saturated carbocycles. The standard InChI is InChI=1S/C70H106O16/c1-7-9-11-13-15-16-17-18-19-20-21-22-25-30-36-58(4)86-82-55-61(37-31-27-24-23-26-29-35-57(3)85-81-50-32-28-14-12-10-8-2)54-80-68(74)38-33-39-69(75)83-64-47-43-59(51-66(64)77-5)41-45-62(72)53-63(73)46-42-60-44-48-65(67(52-60)78-6)84-70(76)40-34-49-79-56-71/h41-48,51-52,56,61H,3-4,7-40,49-50,53-55H2,1-2,5-6H3/b45-41+,46-42+. The van der Waals surface area contributed by atoms with E-state index in [0.29, 0.717) is 42.1 Å². The molecule has 1 unspecified atom stereocenters. The predicted octanol–water partition coefficient (Wildman–Crippen LogP) is 17.3. The van der Waals surface area contributed by atoms with E-state index >= 15 is 0 Å². The molecule has 0 aliphatic rings. The van der Waals surface area contributed by atoms with Gasteiger partial charge in [-0.3, -0.25) is 28.8 Å². The van der Waals surface area contributed by atoms with Gasteiger partial charge in [0.25, 0.3) is 6.47 Å². The molecule has 0 spiro atoms. The van der Waals surface area contributed by atoms with E-state index in [2.05, 4.69) is 31.7 Å². The van der Waals surface area contributed by atoms with Gasteiger partial charge in [0.05, 0.1) is 47.1 Å². The fraction of sp³-hybridized carbons (Fsp3) is 0.629. The third-order valence-electron chi connectivity index (χ3n) is 14.4. The monoisotopic (exact) mass is 1200 g/mol. The molecule has 0 amide bonds. The lowest BCUT2D eigenvalue weighted by Gasteiger charge is -2.17. The van der Waals surface area contributed by atoms with E-state index in [1.165, 1.54) is 147 Å². The van der Waals surface area contributed by atoms with Crippen molar-refractivity contribution in [2.75, 3.05) is 40.6 Å². The van der Waals surface area contributed by atoms with Crippen LogP contribution in [0.1, 0.15) is 250 Å². The van der Waals surface area contributed by atoms with Crippen LogP contribution in [-0.2, 0) is 57.8 Å². The molecule has 0 fully saturated rings. The Balaban J connectivity index is 1.79.